The first-order chi connectivity index (χ1) is 12.5. The molecule has 2 saturated heterocycles. The Morgan fingerprint density at radius 3 is 2.54 bits per heavy atom. The Morgan fingerprint density at radius 1 is 1.23 bits per heavy atom. The molecule has 3 rings (SSSR count). The molecule has 146 valence electrons. The van der Waals surface area contributed by atoms with Crippen LogP contribution in [0.4, 0.5) is 0 Å². The van der Waals surface area contributed by atoms with Crippen LogP contribution in [0.5, 0.6) is 5.75 Å². The van der Waals surface area contributed by atoms with Crippen LogP contribution in [0.25, 0.3) is 0 Å². The zero-order valence-electron chi connectivity index (χ0n) is 15.1. The maximum Gasteiger partial charge on any atom is 0.280 e. The van der Waals surface area contributed by atoms with Crippen LogP contribution in [0.3, 0.4) is 0 Å². The van der Waals surface area contributed by atoms with E-state index < -0.39 is 22.0 Å². The SMILES string of the molecule is COCC(NS(=O)(=O)N1CCC2(CC1)OCCO2)c1cccc(OC)c1. The van der Waals surface area contributed by atoms with Gasteiger partial charge in [0, 0.05) is 33.0 Å². The van der Waals surface area contributed by atoms with E-state index >= 15 is 0 Å². The third-order valence-electron chi connectivity index (χ3n) is 4.76. The van der Waals surface area contributed by atoms with Crippen molar-refractivity contribution in [2.45, 2.75) is 24.7 Å². The summed E-state index contributed by atoms with van der Waals surface area (Å²) in [6.07, 6.45) is 1.06. The third-order valence-corrected chi connectivity index (χ3v) is 6.39. The Hall–Kier alpha value is -1.23. The molecule has 1 spiro atoms. The van der Waals surface area contributed by atoms with Gasteiger partial charge in [0.25, 0.3) is 10.2 Å². The van der Waals surface area contributed by atoms with Gasteiger partial charge in [0.1, 0.15) is 5.75 Å². The summed E-state index contributed by atoms with van der Waals surface area (Å²) in [5.74, 6) is 0.0586. The summed E-state index contributed by atoms with van der Waals surface area (Å²) < 4.78 is 51.6. The van der Waals surface area contributed by atoms with Gasteiger partial charge < -0.3 is 18.9 Å². The number of piperidine rings is 1. The predicted molar refractivity (Wildman–Crippen MR) is 95.1 cm³/mol. The summed E-state index contributed by atoms with van der Waals surface area (Å²) in [7, 11) is -0.550. The summed E-state index contributed by atoms with van der Waals surface area (Å²) in [5.41, 5.74) is 0.783. The van der Waals surface area contributed by atoms with E-state index in [4.69, 9.17) is 18.9 Å². The van der Waals surface area contributed by atoms with Gasteiger partial charge in [-0.15, -0.1) is 0 Å². The lowest BCUT2D eigenvalue weighted by molar-refractivity contribution is -0.179. The fourth-order valence-corrected chi connectivity index (χ4v) is 4.71. The lowest BCUT2D eigenvalue weighted by Gasteiger charge is -2.37. The van der Waals surface area contributed by atoms with Gasteiger partial charge in [-0.25, -0.2) is 0 Å². The molecule has 1 aromatic rings. The van der Waals surface area contributed by atoms with Gasteiger partial charge in [0.15, 0.2) is 5.79 Å². The van der Waals surface area contributed by atoms with Crippen LogP contribution in [0, 0.1) is 0 Å². The van der Waals surface area contributed by atoms with E-state index in [9.17, 15) is 8.42 Å². The van der Waals surface area contributed by atoms with Gasteiger partial charge in [-0.3, -0.25) is 0 Å². The predicted octanol–water partition coefficient (Wildman–Crippen LogP) is 1.06. The molecule has 2 aliphatic rings. The minimum Gasteiger partial charge on any atom is -0.497 e. The highest BCUT2D eigenvalue weighted by atomic mass is 32.2. The molecular formula is C17H26N2O6S. The zero-order valence-corrected chi connectivity index (χ0v) is 16.0. The maximum atomic E-state index is 12.8. The van der Waals surface area contributed by atoms with Crippen molar-refractivity contribution in [2.24, 2.45) is 0 Å². The minimum absolute atomic E-state index is 0.219. The normalized spacial score (nSPS) is 21.8. The monoisotopic (exact) mass is 386 g/mol. The molecule has 2 fully saturated rings. The van der Waals surface area contributed by atoms with Gasteiger partial charge in [0.2, 0.25) is 0 Å². The Morgan fingerprint density at radius 2 is 1.92 bits per heavy atom. The first-order valence-electron chi connectivity index (χ1n) is 8.66. The van der Waals surface area contributed by atoms with Crippen molar-refractivity contribution >= 4 is 10.2 Å². The van der Waals surface area contributed by atoms with Crippen LogP contribution in [0.15, 0.2) is 24.3 Å². The number of rotatable bonds is 7. The Balaban J connectivity index is 1.69. The first-order valence-corrected chi connectivity index (χ1v) is 10.1. The second kappa shape index (κ2) is 8.20. The van der Waals surface area contributed by atoms with Gasteiger partial charge in [0.05, 0.1) is 33.0 Å². The Bertz CT molecular complexity index is 695. The first kappa shape index (κ1) is 19.5. The molecule has 0 amide bonds. The van der Waals surface area contributed by atoms with E-state index in [0.717, 1.165) is 5.56 Å². The number of hydrogen-bond acceptors (Lipinski definition) is 6. The second-order valence-corrected chi connectivity index (χ2v) is 8.12. The van der Waals surface area contributed by atoms with Crippen molar-refractivity contribution in [1.29, 1.82) is 0 Å². The van der Waals surface area contributed by atoms with E-state index in [-0.39, 0.29) is 6.61 Å². The molecule has 0 aliphatic carbocycles. The zero-order chi connectivity index (χ0) is 18.6. The van der Waals surface area contributed by atoms with Crippen LogP contribution in [-0.4, -0.2) is 65.6 Å². The average Bonchev–Trinajstić information content (AvgIpc) is 3.09. The largest absolute Gasteiger partial charge is 0.497 e. The lowest BCUT2D eigenvalue weighted by atomic mass is 10.1. The van der Waals surface area contributed by atoms with Crippen molar-refractivity contribution in [3.05, 3.63) is 29.8 Å². The van der Waals surface area contributed by atoms with Crippen molar-refractivity contribution in [3.8, 4) is 5.75 Å². The summed E-state index contributed by atoms with van der Waals surface area (Å²) >= 11 is 0. The van der Waals surface area contributed by atoms with Crippen LogP contribution >= 0.6 is 0 Å². The van der Waals surface area contributed by atoms with Gasteiger partial charge in [-0.05, 0) is 17.7 Å². The van der Waals surface area contributed by atoms with Gasteiger partial charge in [-0.1, -0.05) is 12.1 Å². The number of benzene rings is 1. The molecule has 0 saturated carbocycles. The maximum absolute atomic E-state index is 12.8. The molecule has 1 N–H and O–H groups in total. The molecule has 2 heterocycles. The third kappa shape index (κ3) is 4.36. The molecule has 0 radical (unpaired) electrons. The molecule has 0 aromatic heterocycles. The lowest BCUT2D eigenvalue weighted by Crippen LogP contribution is -2.51. The van der Waals surface area contributed by atoms with E-state index in [0.29, 0.717) is 44.9 Å². The van der Waals surface area contributed by atoms with Crippen LogP contribution in [0.1, 0.15) is 24.4 Å². The molecular weight excluding hydrogens is 360 g/mol. The second-order valence-electron chi connectivity index (χ2n) is 6.41. The van der Waals surface area contributed by atoms with Gasteiger partial charge >= 0.3 is 0 Å². The molecule has 9 heteroatoms. The fourth-order valence-electron chi connectivity index (χ4n) is 3.33. The standard InChI is InChI=1S/C17H26N2O6S/c1-22-13-16(14-4-3-5-15(12-14)23-2)18-26(20,21)19-8-6-17(7-9-19)24-10-11-25-17/h3-5,12,16,18H,6-11,13H2,1-2H3. The average molecular weight is 386 g/mol. The number of hydrogen-bond donors (Lipinski definition) is 1. The molecule has 2 aliphatic heterocycles. The highest BCUT2D eigenvalue weighted by Crippen LogP contribution is 2.32. The van der Waals surface area contributed by atoms with E-state index in [1.165, 1.54) is 4.31 Å². The summed E-state index contributed by atoms with van der Waals surface area (Å²) in [4.78, 5) is 0. The van der Waals surface area contributed by atoms with E-state index in [1.807, 2.05) is 18.2 Å². The highest BCUT2D eigenvalue weighted by Gasteiger charge is 2.42. The number of ether oxygens (including phenoxy) is 4. The van der Waals surface area contributed by atoms with Crippen molar-refractivity contribution < 1.29 is 27.4 Å². The quantitative estimate of drug-likeness (QED) is 0.754. The van der Waals surface area contributed by atoms with Gasteiger partial charge in [-0.2, -0.15) is 17.4 Å². The van der Waals surface area contributed by atoms with Crippen LogP contribution in [-0.2, 0) is 24.4 Å². The Kier molecular flexibility index (Phi) is 6.16. The fraction of sp³-hybridized carbons (Fsp3) is 0.647. The minimum atomic E-state index is -3.67. The van der Waals surface area contributed by atoms with Crippen LogP contribution < -0.4 is 9.46 Å². The molecule has 1 atom stereocenters. The van der Waals surface area contributed by atoms with Crippen LogP contribution in [0.2, 0.25) is 0 Å². The topological polar surface area (TPSA) is 86.3 Å². The van der Waals surface area contributed by atoms with Crippen molar-refractivity contribution in [2.75, 3.05) is 47.1 Å². The van der Waals surface area contributed by atoms with E-state index in [2.05, 4.69) is 4.72 Å². The van der Waals surface area contributed by atoms with E-state index in [1.54, 1.807) is 20.3 Å². The Labute approximate surface area is 154 Å². The van der Waals surface area contributed by atoms with Crippen molar-refractivity contribution in [1.82, 2.24) is 9.03 Å². The summed E-state index contributed by atoms with van der Waals surface area (Å²) in [6.45, 7) is 2.06. The van der Waals surface area contributed by atoms with Crippen molar-refractivity contribution in [3.63, 3.8) is 0 Å². The molecule has 26 heavy (non-hydrogen) atoms. The summed E-state index contributed by atoms with van der Waals surface area (Å²) in [5, 5.41) is 0. The number of nitrogens with one attached hydrogen (secondary N) is 1. The molecule has 0 bridgehead atoms. The molecule has 1 aromatic carbocycles. The number of methoxy groups -OCH3 is 2. The molecule has 8 nitrogen and oxygen atoms in total. The molecule has 1 unspecified atom stereocenters. The smallest absolute Gasteiger partial charge is 0.280 e. The summed E-state index contributed by atoms with van der Waals surface area (Å²) in [6, 6.07) is 6.78. The number of nitrogens with zero attached hydrogens (tertiary/aromatic N) is 1. The highest BCUT2D eigenvalue weighted by molar-refractivity contribution is 7.87.